The SMILES string of the molecule is O=C(Nc1ccc([N+](=O)[O-])cc1Cl)c1cncc(O)c1. The van der Waals surface area contributed by atoms with Crippen LogP contribution in [0.15, 0.2) is 36.7 Å². The summed E-state index contributed by atoms with van der Waals surface area (Å²) >= 11 is 5.85. The zero-order valence-corrected chi connectivity index (χ0v) is 10.7. The Hall–Kier alpha value is -2.67. The fourth-order valence-electron chi connectivity index (χ4n) is 1.47. The van der Waals surface area contributed by atoms with E-state index >= 15 is 0 Å². The number of nitrogens with one attached hydrogen (secondary N) is 1. The second-order valence-electron chi connectivity index (χ2n) is 3.81. The summed E-state index contributed by atoms with van der Waals surface area (Å²) in [5.74, 6) is -0.684. The fraction of sp³-hybridized carbons (Fsp3) is 0. The number of nitrogens with zero attached hydrogens (tertiary/aromatic N) is 2. The zero-order valence-electron chi connectivity index (χ0n) is 9.91. The highest BCUT2D eigenvalue weighted by Gasteiger charge is 2.13. The molecule has 8 heteroatoms. The number of hydrogen-bond acceptors (Lipinski definition) is 5. The average Bonchev–Trinajstić information content (AvgIpc) is 2.40. The Morgan fingerprint density at radius 3 is 2.70 bits per heavy atom. The van der Waals surface area contributed by atoms with Crippen molar-refractivity contribution in [1.29, 1.82) is 0 Å². The van der Waals surface area contributed by atoms with Gasteiger partial charge in [-0.3, -0.25) is 19.9 Å². The first-order valence-corrected chi connectivity index (χ1v) is 5.74. The number of anilines is 1. The number of hydrogen-bond donors (Lipinski definition) is 2. The molecule has 1 aromatic heterocycles. The quantitative estimate of drug-likeness (QED) is 0.668. The van der Waals surface area contributed by atoms with Crippen molar-refractivity contribution in [3.63, 3.8) is 0 Å². The van der Waals surface area contributed by atoms with Gasteiger partial charge in [-0.25, -0.2) is 0 Å². The Morgan fingerprint density at radius 1 is 1.35 bits per heavy atom. The number of halogens is 1. The third-order valence-electron chi connectivity index (χ3n) is 2.40. The van der Waals surface area contributed by atoms with Gasteiger partial charge in [-0.05, 0) is 12.1 Å². The van der Waals surface area contributed by atoms with E-state index in [9.17, 15) is 20.0 Å². The van der Waals surface area contributed by atoms with E-state index in [2.05, 4.69) is 10.3 Å². The van der Waals surface area contributed by atoms with Crippen LogP contribution in [0.1, 0.15) is 10.4 Å². The van der Waals surface area contributed by atoms with Gasteiger partial charge in [-0.1, -0.05) is 11.6 Å². The van der Waals surface area contributed by atoms with Crippen LogP contribution in [0.3, 0.4) is 0 Å². The first-order valence-electron chi connectivity index (χ1n) is 5.36. The molecule has 0 radical (unpaired) electrons. The topological polar surface area (TPSA) is 105 Å². The number of amides is 1. The molecule has 0 aliphatic heterocycles. The summed E-state index contributed by atoms with van der Waals surface area (Å²) in [4.78, 5) is 25.5. The maximum atomic E-state index is 11.9. The molecule has 2 aromatic rings. The molecular weight excluding hydrogens is 286 g/mol. The van der Waals surface area contributed by atoms with Crippen molar-refractivity contribution in [2.24, 2.45) is 0 Å². The molecule has 20 heavy (non-hydrogen) atoms. The van der Waals surface area contributed by atoms with Crippen LogP contribution in [0.5, 0.6) is 5.75 Å². The second kappa shape index (κ2) is 5.54. The molecule has 0 saturated heterocycles. The number of pyridine rings is 1. The number of non-ortho nitro benzene ring substituents is 1. The summed E-state index contributed by atoms with van der Waals surface area (Å²) in [7, 11) is 0. The number of nitro groups is 1. The molecular formula is C12H8ClN3O4. The van der Waals surface area contributed by atoms with Crippen LogP contribution in [0, 0.1) is 10.1 Å². The monoisotopic (exact) mass is 293 g/mol. The minimum atomic E-state index is -0.587. The molecule has 1 heterocycles. The van der Waals surface area contributed by atoms with Gasteiger partial charge in [0, 0.05) is 18.3 Å². The van der Waals surface area contributed by atoms with Gasteiger partial charge in [0.25, 0.3) is 11.6 Å². The first kappa shape index (κ1) is 13.8. The van der Waals surface area contributed by atoms with Crippen molar-refractivity contribution in [3.05, 3.63) is 57.4 Å². The standard InChI is InChI=1S/C12H8ClN3O4/c13-10-4-8(16(19)20)1-2-11(10)15-12(18)7-3-9(17)6-14-5-7/h1-6,17H,(H,15,18). The van der Waals surface area contributed by atoms with Gasteiger partial charge < -0.3 is 10.4 Å². The van der Waals surface area contributed by atoms with Gasteiger partial charge in [-0.15, -0.1) is 0 Å². The van der Waals surface area contributed by atoms with E-state index in [4.69, 9.17) is 11.6 Å². The molecule has 7 nitrogen and oxygen atoms in total. The van der Waals surface area contributed by atoms with E-state index in [-0.39, 0.29) is 27.7 Å². The van der Waals surface area contributed by atoms with Crippen molar-refractivity contribution in [2.75, 3.05) is 5.32 Å². The van der Waals surface area contributed by atoms with Gasteiger partial charge in [-0.2, -0.15) is 0 Å². The predicted octanol–water partition coefficient (Wildman–Crippen LogP) is 2.60. The fourth-order valence-corrected chi connectivity index (χ4v) is 1.69. The lowest BCUT2D eigenvalue weighted by Gasteiger charge is -2.07. The van der Waals surface area contributed by atoms with E-state index in [1.54, 1.807) is 0 Å². The van der Waals surface area contributed by atoms with Crippen LogP contribution in [0.2, 0.25) is 5.02 Å². The highest BCUT2D eigenvalue weighted by Crippen LogP contribution is 2.27. The lowest BCUT2D eigenvalue weighted by Crippen LogP contribution is -2.12. The van der Waals surface area contributed by atoms with E-state index in [1.807, 2.05) is 0 Å². The Bertz CT molecular complexity index is 690. The lowest BCUT2D eigenvalue weighted by atomic mass is 10.2. The highest BCUT2D eigenvalue weighted by molar-refractivity contribution is 6.34. The smallest absolute Gasteiger partial charge is 0.271 e. The molecule has 0 spiro atoms. The summed E-state index contributed by atoms with van der Waals surface area (Å²) in [6.45, 7) is 0. The van der Waals surface area contributed by atoms with Gasteiger partial charge >= 0.3 is 0 Å². The van der Waals surface area contributed by atoms with Crippen LogP contribution < -0.4 is 5.32 Å². The van der Waals surface area contributed by atoms with Gasteiger partial charge in [0.1, 0.15) is 5.75 Å². The Balaban J connectivity index is 2.22. The van der Waals surface area contributed by atoms with Crippen molar-refractivity contribution >= 4 is 28.9 Å². The molecule has 1 amide bonds. The highest BCUT2D eigenvalue weighted by atomic mass is 35.5. The second-order valence-corrected chi connectivity index (χ2v) is 4.21. The number of aromatic hydroxyl groups is 1. The molecule has 0 saturated carbocycles. The van der Waals surface area contributed by atoms with Crippen molar-refractivity contribution in [1.82, 2.24) is 4.98 Å². The number of aromatic nitrogens is 1. The van der Waals surface area contributed by atoms with Crippen molar-refractivity contribution in [3.8, 4) is 5.75 Å². The molecule has 2 N–H and O–H groups in total. The first-order chi connectivity index (χ1) is 9.47. The third-order valence-corrected chi connectivity index (χ3v) is 2.71. The largest absolute Gasteiger partial charge is 0.506 e. The van der Waals surface area contributed by atoms with Gasteiger partial charge in [0.05, 0.1) is 27.4 Å². The Morgan fingerprint density at radius 2 is 2.10 bits per heavy atom. The summed E-state index contributed by atoms with van der Waals surface area (Å²) in [5, 5.41) is 22.3. The van der Waals surface area contributed by atoms with Crippen molar-refractivity contribution < 1.29 is 14.8 Å². The summed E-state index contributed by atoms with van der Waals surface area (Å²) in [6, 6.07) is 4.93. The summed E-state index contributed by atoms with van der Waals surface area (Å²) < 4.78 is 0. The molecule has 102 valence electrons. The molecule has 2 rings (SSSR count). The number of carbonyl (C=O) groups is 1. The van der Waals surface area contributed by atoms with E-state index in [1.165, 1.54) is 30.6 Å². The van der Waals surface area contributed by atoms with Crippen molar-refractivity contribution in [2.45, 2.75) is 0 Å². The normalized spacial score (nSPS) is 10.1. The molecule has 0 unspecified atom stereocenters. The minimum Gasteiger partial charge on any atom is -0.506 e. The lowest BCUT2D eigenvalue weighted by molar-refractivity contribution is -0.384. The van der Waals surface area contributed by atoms with Crippen LogP contribution in [-0.2, 0) is 0 Å². The zero-order chi connectivity index (χ0) is 14.7. The third kappa shape index (κ3) is 3.01. The van der Waals surface area contributed by atoms with Crippen LogP contribution in [0.4, 0.5) is 11.4 Å². The maximum absolute atomic E-state index is 11.9. The van der Waals surface area contributed by atoms with E-state index in [0.717, 1.165) is 6.07 Å². The molecule has 0 aliphatic carbocycles. The molecule has 0 atom stereocenters. The number of benzene rings is 1. The number of carbonyl (C=O) groups excluding carboxylic acids is 1. The van der Waals surface area contributed by atoms with Gasteiger partial charge in [0.2, 0.25) is 0 Å². The summed E-state index contributed by atoms with van der Waals surface area (Å²) in [5.41, 5.74) is 0.192. The number of rotatable bonds is 3. The molecule has 0 fully saturated rings. The van der Waals surface area contributed by atoms with E-state index < -0.39 is 10.8 Å². The van der Waals surface area contributed by atoms with Crippen LogP contribution in [-0.4, -0.2) is 20.9 Å². The average molecular weight is 294 g/mol. The van der Waals surface area contributed by atoms with Crippen LogP contribution >= 0.6 is 11.6 Å². The maximum Gasteiger partial charge on any atom is 0.271 e. The summed E-state index contributed by atoms with van der Waals surface area (Å²) in [6.07, 6.45) is 2.46. The minimum absolute atomic E-state index is 0.0423. The van der Waals surface area contributed by atoms with Crippen LogP contribution in [0.25, 0.3) is 0 Å². The Labute approximate surface area is 118 Å². The Kier molecular flexibility index (Phi) is 3.81. The van der Waals surface area contributed by atoms with E-state index in [0.29, 0.717) is 0 Å². The predicted molar refractivity (Wildman–Crippen MR) is 72.0 cm³/mol. The molecule has 1 aromatic carbocycles. The van der Waals surface area contributed by atoms with Gasteiger partial charge in [0.15, 0.2) is 0 Å². The molecule has 0 bridgehead atoms. The number of nitro benzene ring substituents is 1. The molecule has 0 aliphatic rings.